The van der Waals surface area contributed by atoms with E-state index in [1.807, 2.05) is 6.92 Å². The Bertz CT molecular complexity index is 698. The van der Waals surface area contributed by atoms with E-state index < -0.39 is 20.9 Å². The summed E-state index contributed by atoms with van der Waals surface area (Å²) in [5.74, 6) is -0.247. The predicted molar refractivity (Wildman–Crippen MR) is 79.0 cm³/mol. The molecule has 0 aliphatic carbocycles. The van der Waals surface area contributed by atoms with Gasteiger partial charge in [-0.3, -0.25) is 14.9 Å². The third-order valence-corrected chi connectivity index (χ3v) is 5.77. The molecule has 1 aliphatic rings. The van der Waals surface area contributed by atoms with Crippen molar-refractivity contribution in [3.05, 3.63) is 33.9 Å². The Kier molecular flexibility index (Phi) is 4.24. The van der Waals surface area contributed by atoms with E-state index in [1.54, 1.807) is 0 Å². The fraction of sp³-hybridized carbons (Fsp3) is 0.417. The van der Waals surface area contributed by atoms with E-state index in [-0.39, 0.29) is 28.6 Å². The van der Waals surface area contributed by atoms with Crippen molar-refractivity contribution >= 4 is 34.2 Å². The highest BCUT2D eigenvalue weighted by atomic mass is 32.2. The van der Waals surface area contributed by atoms with Gasteiger partial charge >= 0.3 is 0 Å². The molecule has 114 valence electrons. The Hall–Kier alpha value is -1.61. The minimum Gasteiger partial charge on any atom is -0.268 e. The Morgan fingerprint density at radius 1 is 1.43 bits per heavy atom. The van der Waals surface area contributed by atoms with Gasteiger partial charge < -0.3 is 0 Å². The molecule has 21 heavy (non-hydrogen) atoms. The van der Waals surface area contributed by atoms with Gasteiger partial charge in [0.05, 0.1) is 10.5 Å². The van der Waals surface area contributed by atoms with E-state index in [1.165, 1.54) is 6.07 Å². The molecule has 0 saturated heterocycles. The van der Waals surface area contributed by atoms with Crippen LogP contribution in [0.1, 0.15) is 23.7 Å². The van der Waals surface area contributed by atoms with Crippen molar-refractivity contribution in [2.75, 3.05) is 12.3 Å². The molecule has 0 radical (unpaired) electrons. The number of hydrogen-bond donors (Lipinski definition) is 1. The van der Waals surface area contributed by atoms with E-state index in [0.717, 1.165) is 16.4 Å². The summed E-state index contributed by atoms with van der Waals surface area (Å²) in [5.41, 5.74) is -0.372. The normalized spacial score (nSPS) is 17.6. The van der Waals surface area contributed by atoms with Gasteiger partial charge in [-0.2, -0.15) is 12.6 Å². The van der Waals surface area contributed by atoms with Gasteiger partial charge in [0.2, 0.25) is 0 Å². The van der Waals surface area contributed by atoms with Gasteiger partial charge in [-0.05, 0) is 17.7 Å². The molecule has 1 heterocycles. The van der Waals surface area contributed by atoms with Crippen molar-refractivity contribution in [2.24, 2.45) is 5.92 Å². The third-order valence-electron chi connectivity index (χ3n) is 3.46. The summed E-state index contributed by atoms with van der Waals surface area (Å²) in [4.78, 5) is 22.0. The molecular formula is C12H14N2O5S2. The number of benzene rings is 1. The predicted octanol–water partition coefficient (Wildman–Crippen LogP) is 1.70. The van der Waals surface area contributed by atoms with Gasteiger partial charge in [-0.25, -0.2) is 12.7 Å². The summed E-state index contributed by atoms with van der Waals surface area (Å²) < 4.78 is 25.6. The average molecular weight is 330 g/mol. The lowest BCUT2D eigenvalue weighted by Gasteiger charge is -2.20. The molecule has 1 atom stereocenters. The standard InChI is InChI=1S/C12H14N2O5S2/c1-2-8(7-20)6-13-12(15)10-4-3-9(14(16)17)5-11(10)21(13,18)19/h3-5,8,20H,2,6-7H2,1H3. The van der Waals surface area contributed by atoms with Crippen LogP contribution in [0.2, 0.25) is 0 Å². The van der Waals surface area contributed by atoms with Crippen LogP contribution in [0, 0.1) is 16.0 Å². The van der Waals surface area contributed by atoms with Crippen molar-refractivity contribution < 1.29 is 18.1 Å². The molecule has 1 unspecified atom stereocenters. The second-order valence-corrected chi connectivity index (χ2v) is 6.93. The molecule has 0 spiro atoms. The zero-order valence-electron chi connectivity index (χ0n) is 11.2. The molecule has 7 nitrogen and oxygen atoms in total. The number of nitrogens with zero attached hydrogens (tertiary/aromatic N) is 2. The number of nitro groups is 1. The Labute approximate surface area is 127 Å². The summed E-state index contributed by atoms with van der Waals surface area (Å²) in [5, 5.41) is 10.7. The lowest BCUT2D eigenvalue weighted by molar-refractivity contribution is -0.385. The highest BCUT2D eigenvalue weighted by Gasteiger charge is 2.42. The Morgan fingerprint density at radius 2 is 2.10 bits per heavy atom. The SMILES string of the molecule is CCC(CS)CN1C(=O)c2ccc([N+](=O)[O-])cc2S1(=O)=O. The number of thiol groups is 1. The first kappa shape index (κ1) is 15.8. The quantitative estimate of drug-likeness (QED) is 0.503. The van der Waals surface area contributed by atoms with Crippen LogP contribution >= 0.6 is 12.6 Å². The molecule has 9 heteroatoms. The van der Waals surface area contributed by atoms with Crippen molar-refractivity contribution in [2.45, 2.75) is 18.2 Å². The molecule has 1 aliphatic heterocycles. The first-order chi connectivity index (χ1) is 9.82. The lowest BCUT2D eigenvalue weighted by Crippen LogP contribution is -2.35. The fourth-order valence-electron chi connectivity index (χ4n) is 2.11. The molecule has 1 amide bonds. The van der Waals surface area contributed by atoms with Crippen molar-refractivity contribution in [1.82, 2.24) is 4.31 Å². The fourth-order valence-corrected chi connectivity index (χ4v) is 4.15. The van der Waals surface area contributed by atoms with Crippen LogP contribution in [0.15, 0.2) is 23.1 Å². The molecular weight excluding hydrogens is 316 g/mol. The lowest BCUT2D eigenvalue weighted by atomic mass is 10.1. The number of nitro benzene ring substituents is 1. The van der Waals surface area contributed by atoms with Gasteiger partial charge in [0.1, 0.15) is 4.90 Å². The minimum atomic E-state index is -4.02. The topological polar surface area (TPSA) is 97.6 Å². The van der Waals surface area contributed by atoms with Crippen LogP contribution < -0.4 is 0 Å². The van der Waals surface area contributed by atoms with E-state index >= 15 is 0 Å². The second-order valence-electron chi connectivity index (χ2n) is 4.74. The van der Waals surface area contributed by atoms with Crippen LogP contribution in [0.4, 0.5) is 5.69 Å². The van der Waals surface area contributed by atoms with Crippen LogP contribution in [-0.4, -0.2) is 35.9 Å². The first-order valence-corrected chi connectivity index (χ1v) is 8.36. The summed E-state index contributed by atoms with van der Waals surface area (Å²) >= 11 is 4.14. The summed E-state index contributed by atoms with van der Waals surface area (Å²) in [6, 6.07) is 3.25. The number of carbonyl (C=O) groups is 1. The maximum absolute atomic E-state index is 12.4. The van der Waals surface area contributed by atoms with Crippen molar-refractivity contribution in [3.63, 3.8) is 0 Å². The van der Waals surface area contributed by atoms with Crippen LogP contribution in [-0.2, 0) is 10.0 Å². The largest absolute Gasteiger partial charge is 0.270 e. The molecule has 1 aromatic rings. The molecule has 0 aromatic heterocycles. The highest BCUT2D eigenvalue weighted by Crippen LogP contribution is 2.33. The van der Waals surface area contributed by atoms with Crippen LogP contribution in [0.3, 0.4) is 0 Å². The number of sulfonamides is 1. The zero-order valence-corrected chi connectivity index (χ0v) is 12.9. The van der Waals surface area contributed by atoms with E-state index in [0.29, 0.717) is 12.2 Å². The number of non-ortho nitro benzene ring substituents is 1. The average Bonchev–Trinajstić information content (AvgIpc) is 2.64. The minimum absolute atomic E-state index is 0.0189. The number of fused-ring (bicyclic) bond motifs is 1. The number of rotatable bonds is 5. The molecule has 0 N–H and O–H groups in total. The van der Waals surface area contributed by atoms with Gasteiger partial charge in [0, 0.05) is 18.7 Å². The van der Waals surface area contributed by atoms with Gasteiger partial charge in [-0.15, -0.1) is 0 Å². The molecule has 2 rings (SSSR count). The molecule has 0 fully saturated rings. The van der Waals surface area contributed by atoms with E-state index in [9.17, 15) is 23.3 Å². The molecule has 0 saturated carbocycles. The number of hydrogen-bond acceptors (Lipinski definition) is 6. The summed E-state index contributed by atoms with van der Waals surface area (Å²) in [7, 11) is -4.02. The first-order valence-electron chi connectivity index (χ1n) is 6.29. The van der Waals surface area contributed by atoms with Gasteiger partial charge in [0.25, 0.3) is 21.6 Å². The zero-order chi connectivity index (χ0) is 15.8. The Morgan fingerprint density at radius 3 is 2.62 bits per heavy atom. The van der Waals surface area contributed by atoms with E-state index in [2.05, 4.69) is 12.6 Å². The van der Waals surface area contributed by atoms with Crippen LogP contribution in [0.25, 0.3) is 0 Å². The monoisotopic (exact) mass is 330 g/mol. The molecule has 0 bridgehead atoms. The second kappa shape index (κ2) is 5.64. The maximum Gasteiger partial charge on any atom is 0.270 e. The summed E-state index contributed by atoms with van der Waals surface area (Å²) in [6.07, 6.45) is 0.680. The van der Waals surface area contributed by atoms with Crippen molar-refractivity contribution in [1.29, 1.82) is 0 Å². The summed E-state index contributed by atoms with van der Waals surface area (Å²) in [6.45, 7) is 1.91. The highest BCUT2D eigenvalue weighted by molar-refractivity contribution is 7.90. The smallest absolute Gasteiger partial charge is 0.268 e. The molecule has 1 aromatic carbocycles. The Balaban J connectivity index is 2.47. The third kappa shape index (κ3) is 2.62. The van der Waals surface area contributed by atoms with Crippen molar-refractivity contribution in [3.8, 4) is 0 Å². The van der Waals surface area contributed by atoms with E-state index in [4.69, 9.17) is 0 Å². The van der Waals surface area contributed by atoms with Gasteiger partial charge in [0.15, 0.2) is 0 Å². The van der Waals surface area contributed by atoms with Gasteiger partial charge in [-0.1, -0.05) is 13.3 Å². The number of amides is 1. The number of carbonyl (C=O) groups excluding carboxylic acids is 1. The van der Waals surface area contributed by atoms with Crippen LogP contribution in [0.5, 0.6) is 0 Å². The maximum atomic E-state index is 12.4.